The van der Waals surface area contributed by atoms with Crippen molar-refractivity contribution >= 4 is 17.6 Å². The van der Waals surface area contributed by atoms with E-state index in [0.717, 1.165) is 24.1 Å². The third kappa shape index (κ3) is 3.96. The van der Waals surface area contributed by atoms with E-state index in [-0.39, 0.29) is 11.9 Å². The molecule has 0 spiro atoms. The minimum atomic E-state index is -0.410. The molecule has 8 heteroatoms. The van der Waals surface area contributed by atoms with E-state index in [1.165, 1.54) is 6.07 Å². The summed E-state index contributed by atoms with van der Waals surface area (Å²) in [5.74, 6) is -0.257. The molecule has 1 aliphatic rings. The Kier molecular flexibility index (Phi) is 5.24. The first-order valence-electron chi connectivity index (χ1n) is 9.66. The maximum atomic E-state index is 14.6. The van der Waals surface area contributed by atoms with Crippen molar-refractivity contribution in [1.29, 1.82) is 0 Å². The molecule has 150 valence electrons. The molecule has 0 aliphatic heterocycles. The molecule has 2 aromatic heterocycles. The average Bonchev–Trinajstić information content (AvgIpc) is 3.13. The summed E-state index contributed by atoms with van der Waals surface area (Å²) in [4.78, 5) is 28.3. The Bertz CT molecular complexity index is 1050. The van der Waals surface area contributed by atoms with Gasteiger partial charge in [0.1, 0.15) is 11.6 Å². The lowest BCUT2D eigenvalue weighted by Crippen LogP contribution is -2.23. The Morgan fingerprint density at radius 2 is 2.21 bits per heavy atom. The summed E-state index contributed by atoms with van der Waals surface area (Å²) in [7, 11) is 0. The van der Waals surface area contributed by atoms with Gasteiger partial charge in [0, 0.05) is 23.8 Å². The minimum Gasteiger partial charge on any atom is -0.465 e. The molecule has 0 fully saturated rings. The van der Waals surface area contributed by atoms with E-state index in [1.54, 1.807) is 31.5 Å². The van der Waals surface area contributed by atoms with Crippen LogP contribution >= 0.6 is 0 Å². The second kappa shape index (κ2) is 7.98. The van der Waals surface area contributed by atoms with Crippen LogP contribution in [-0.2, 0) is 16.0 Å². The molecule has 2 heterocycles. The third-order valence-electron chi connectivity index (χ3n) is 4.92. The Morgan fingerprint density at radius 3 is 2.93 bits per heavy atom. The van der Waals surface area contributed by atoms with Gasteiger partial charge in [-0.05, 0) is 56.9 Å². The molecule has 0 radical (unpaired) electrons. The summed E-state index contributed by atoms with van der Waals surface area (Å²) < 4.78 is 19.8. The monoisotopic (exact) mass is 395 g/mol. The molecule has 0 bridgehead atoms. The highest BCUT2D eigenvalue weighted by Gasteiger charge is 2.29. The van der Waals surface area contributed by atoms with E-state index in [2.05, 4.69) is 25.3 Å². The number of rotatable bonds is 5. The van der Waals surface area contributed by atoms with Crippen molar-refractivity contribution in [1.82, 2.24) is 19.9 Å². The van der Waals surface area contributed by atoms with Crippen LogP contribution in [0.25, 0.3) is 11.4 Å². The fourth-order valence-corrected chi connectivity index (χ4v) is 3.54. The van der Waals surface area contributed by atoms with E-state index in [1.807, 2.05) is 6.92 Å². The number of nitrogens with zero attached hydrogens (tertiary/aromatic N) is 3. The van der Waals surface area contributed by atoms with E-state index in [9.17, 15) is 9.18 Å². The number of H-pyrrole nitrogens is 1. The van der Waals surface area contributed by atoms with Crippen LogP contribution in [0, 0.1) is 12.7 Å². The highest BCUT2D eigenvalue weighted by Crippen LogP contribution is 2.32. The van der Waals surface area contributed by atoms with E-state index < -0.39 is 5.82 Å². The largest absolute Gasteiger partial charge is 0.465 e. The number of fused-ring (bicyclic) bond motifs is 1. The molecule has 3 aromatic rings. The molecule has 1 aromatic carbocycles. The van der Waals surface area contributed by atoms with Crippen LogP contribution in [0.3, 0.4) is 0 Å². The van der Waals surface area contributed by atoms with Gasteiger partial charge in [-0.1, -0.05) is 0 Å². The maximum absolute atomic E-state index is 14.6. The standard InChI is InChI=1S/C21H22FN5O2/c1-3-29-20(28)16-6-4-5-13-11-24-21(27-18(13)16)26-14-7-8-15(17(22)9-14)19-23-10-12(2)25-19/h7-11,16H,3-6H2,1-2H3,(H,23,25)(H,24,26,27). The zero-order chi connectivity index (χ0) is 20.4. The van der Waals surface area contributed by atoms with Crippen LogP contribution in [0.2, 0.25) is 0 Å². The Hall–Kier alpha value is -3.29. The Labute approximate surface area is 167 Å². The average molecular weight is 395 g/mol. The number of nitrogens with one attached hydrogen (secondary N) is 2. The predicted octanol–water partition coefficient (Wildman–Crippen LogP) is 4.04. The topological polar surface area (TPSA) is 92.8 Å². The van der Waals surface area contributed by atoms with Crippen LogP contribution in [0.5, 0.6) is 0 Å². The predicted molar refractivity (Wildman–Crippen MR) is 106 cm³/mol. The van der Waals surface area contributed by atoms with E-state index >= 15 is 0 Å². The number of carbonyl (C=O) groups excluding carboxylic acids is 1. The molecule has 1 unspecified atom stereocenters. The number of aryl methyl sites for hydroxylation is 2. The van der Waals surface area contributed by atoms with Gasteiger partial charge in [-0.15, -0.1) is 0 Å². The van der Waals surface area contributed by atoms with Gasteiger partial charge < -0.3 is 15.0 Å². The zero-order valence-electron chi connectivity index (χ0n) is 16.3. The van der Waals surface area contributed by atoms with Crippen molar-refractivity contribution in [2.45, 2.75) is 39.0 Å². The fourth-order valence-electron chi connectivity index (χ4n) is 3.54. The van der Waals surface area contributed by atoms with Gasteiger partial charge in [-0.25, -0.2) is 19.3 Å². The number of ether oxygens (including phenoxy) is 1. The number of imidazole rings is 1. The van der Waals surface area contributed by atoms with Gasteiger partial charge in [-0.2, -0.15) is 0 Å². The first kappa shape index (κ1) is 19.0. The number of hydrogen-bond donors (Lipinski definition) is 2. The number of hydrogen-bond acceptors (Lipinski definition) is 6. The molecule has 0 saturated carbocycles. The third-order valence-corrected chi connectivity index (χ3v) is 4.92. The lowest BCUT2D eigenvalue weighted by Gasteiger charge is -2.23. The molecule has 2 N–H and O–H groups in total. The number of aromatic amines is 1. The van der Waals surface area contributed by atoms with Crippen molar-refractivity contribution in [2.24, 2.45) is 0 Å². The van der Waals surface area contributed by atoms with Gasteiger partial charge >= 0.3 is 5.97 Å². The molecule has 7 nitrogen and oxygen atoms in total. The maximum Gasteiger partial charge on any atom is 0.315 e. The molecule has 1 aliphatic carbocycles. The molecule has 4 rings (SSSR count). The number of esters is 1. The van der Waals surface area contributed by atoms with Gasteiger partial charge in [0.2, 0.25) is 5.95 Å². The highest BCUT2D eigenvalue weighted by molar-refractivity contribution is 5.78. The van der Waals surface area contributed by atoms with Crippen molar-refractivity contribution in [3.63, 3.8) is 0 Å². The van der Waals surface area contributed by atoms with Crippen LogP contribution in [0.15, 0.2) is 30.6 Å². The Balaban J connectivity index is 1.58. The number of benzene rings is 1. The first-order valence-corrected chi connectivity index (χ1v) is 9.66. The van der Waals surface area contributed by atoms with Crippen LogP contribution < -0.4 is 5.32 Å². The number of aromatic nitrogens is 4. The SMILES string of the molecule is CCOC(=O)C1CCCc2cnc(Nc3ccc(-c4ncc(C)[nH]4)c(F)c3)nc21. The molecule has 0 amide bonds. The first-order chi connectivity index (χ1) is 14.0. The summed E-state index contributed by atoms with van der Waals surface area (Å²) in [6, 6.07) is 4.76. The lowest BCUT2D eigenvalue weighted by molar-refractivity contribution is -0.145. The van der Waals surface area contributed by atoms with Gasteiger partial charge in [0.15, 0.2) is 0 Å². The normalized spacial score (nSPS) is 15.6. The summed E-state index contributed by atoms with van der Waals surface area (Å²) in [6.07, 6.45) is 5.81. The summed E-state index contributed by atoms with van der Waals surface area (Å²) >= 11 is 0. The molecular formula is C21H22FN5O2. The highest BCUT2D eigenvalue weighted by atomic mass is 19.1. The van der Waals surface area contributed by atoms with Gasteiger partial charge in [0.05, 0.1) is 23.8 Å². The lowest BCUT2D eigenvalue weighted by atomic mass is 9.87. The van der Waals surface area contributed by atoms with Gasteiger partial charge in [0.25, 0.3) is 0 Å². The second-order valence-electron chi connectivity index (χ2n) is 7.04. The number of halogens is 1. The van der Waals surface area contributed by atoms with Crippen LogP contribution in [0.4, 0.5) is 16.0 Å². The molecule has 29 heavy (non-hydrogen) atoms. The number of carbonyl (C=O) groups is 1. The quantitative estimate of drug-likeness (QED) is 0.634. The van der Waals surface area contributed by atoms with Gasteiger partial charge in [-0.3, -0.25) is 4.79 Å². The van der Waals surface area contributed by atoms with Crippen LogP contribution in [-0.4, -0.2) is 32.5 Å². The zero-order valence-corrected chi connectivity index (χ0v) is 16.3. The summed E-state index contributed by atoms with van der Waals surface area (Å²) in [5, 5.41) is 3.03. The minimum absolute atomic E-state index is 0.262. The summed E-state index contributed by atoms with van der Waals surface area (Å²) in [6.45, 7) is 3.99. The smallest absolute Gasteiger partial charge is 0.315 e. The van der Waals surface area contributed by atoms with E-state index in [4.69, 9.17) is 4.74 Å². The molecule has 1 atom stereocenters. The van der Waals surface area contributed by atoms with Crippen molar-refractivity contribution in [2.75, 3.05) is 11.9 Å². The molecular weight excluding hydrogens is 373 g/mol. The van der Waals surface area contributed by atoms with Crippen LogP contribution in [0.1, 0.15) is 42.6 Å². The molecule has 0 saturated heterocycles. The fraction of sp³-hybridized carbons (Fsp3) is 0.333. The summed E-state index contributed by atoms with van der Waals surface area (Å²) in [5.41, 5.74) is 3.40. The van der Waals surface area contributed by atoms with Crippen molar-refractivity contribution in [3.8, 4) is 11.4 Å². The second-order valence-corrected chi connectivity index (χ2v) is 7.04. The van der Waals surface area contributed by atoms with E-state index in [0.29, 0.717) is 41.7 Å². The van der Waals surface area contributed by atoms with Crippen molar-refractivity contribution < 1.29 is 13.9 Å². The van der Waals surface area contributed by atoms with Crippen molar-refractivity contribution in [3.05, 3.63) is 53.4 Å². The Morgan fingerprint density at radius 1 is 1.34 bits per heavy atom. The number of anilines is 2.